The van der Waals surface area contributed by atoms with Gasteiger partial charge in [-0.3, -0.25) is 0 Å². The maximum atomic E-state index is 11.1. The molecule has 0 fully saturated rings. The monoisotopic (exact) mass is 246 g/mol. The number of nitrogens with one attached hydrogen (secondary N) is 1. The summed E-state index contributed by atoms with van der Waals surface area (Å²) in [6.45, 7) is 5.99. The lowest BCUT2D eigenvalue weighted by Gasteiger charge is -2.01. The molecule has 0 aliphatic heterocycles. The van der Waals surface area contributed by atoms with E-state index < -0.39 is 5.97 Å². The minimum absolute atomic E-state index is 0.191. The van der Waals surface area contributed by atoms with Gasteiger partial charge in [-0.25, -0.2) is 4.79 Å². The summed E-state index contributed by atoms with van der Waals surface area (Å²) in [6.07, 6.45) is 2.39. The van der Waals surface area contributed by atoms with Crippen LogP contribution in [-0.4, -0.2) is 27.7 Å². The third-order valence-corrected chi connectivity index (χ3v) is 2.58. The average molecular weight is 246 g/mol. The number of carbonyl (C=O) groups is 1. The molecular weight excluding hydrogens is 232 g/mol. The van der Waals surface area contributed by atoms with E-state index in [2.05, 4.69) is 16.5 Å². The zero-order valence-corrected chi connectivity index (χ0v) is 10.1. The number of benzene rings is 1. The molecule has 0 atom stereocenters. The summed E-state index contributed by atoms with van der Waals surface area (Å²) in [4.78, 5) is 18.3. The second-order valence-electron chi connectivity index (χ2n) is 3.77. The highest BCUT2D eigenvalue weighted by Gasteiger charge is 2.15. The predicted octanol–water partition coefficient (Wildman–Crippen LogP) is 2.39. The maximum Gasteiger partial charge on any atom is 0.337 e. The normalized spacial score (nSPS) is 10.5. The van der Waals surface area contributed by atoms with Gasteiger partial charge in [-0.05, 0) is 25.0 Å². The molecular formula is C13H14N2O3. The summed E-state index contributed by atoms with van der Waals surface area (Å²) in [6, 6.07) is 3.66. The second-order valence-corrected chi connectivity index (χ2v) is 3.77. The Morgan fingerprint density at radius 3 is 3.00 bits per heavy atom. The molecule has 0 amide bonds. The summed E-state index contributed by atoms with van der Waals surface area (Å²) in [5.41, 5.74) is 2.23. The van der Waals surface area contributed by atoms with E-state index >= 15 is 0 Å². The lowest BCUT2D eigenvalue weighted by Crippen LogP contribution is -1.98. The van der Waals surface area contributed by atoms with Gasteiger partial charge in [0.15, 0.2) is 0 Å². The molecule has 1 aromatic heterocycles. The van der Waals surface area contributed by atoms with E-state index in [-0.39, 0.29) is 5.56 Å². The van der Waals surface area contributed by atoms with E-state index in [1.54, 1.807) is 18.2 Å². The van der Waals surface area contributed by atoms with E-state index in [4.69, 9.17) is 9.84 Å². The van der Waals surface area contributed by atoms with Gasteiger partial charge in [0.1, 0.15) is 0 Å². The lowest BCUT2D eigenvalue weighted by molar-refractivity contribution is 0.0699. The number of fused-ring (bicyclic) bond motifs is 1. The van der Waals surface area contributed by atoms with Gasteiger partial charge in [-0.2, -0.15) is 4.98 Å². The number of aromatic amines is 1. The van der Waals surface area contributed by atoms with Crippen molar-refractivity contribution in [2.45, 2.75) is 13.3 Å². The van der Waals surface area contributed by atoms with Crippen molar-refractivity contribution >= 4 is 17.0 Å². The van der Waals surface area contributed by atoms with E-state index in [1.807, 2.05) is 6.92 Å². The Morgan fingerprint density at radius 2 is 2.39 bits per heavy atom. The Morgan fingerprint density at radius 1 is 1.61 bits per heavy atom. The number of nitrogens with zero attached hydrogens (tertiary/aromatic N) is 1. The third kappa shape index (κ3) is 2.07. The number of hydrogen-bond donors (Lipinski definition) is 2. The average Bonchev–Trinajstić information content (AvgIpc) is 2.73. The number of aromatic nitrogens is 2. The zero-order valence-electron chi connectivity index (χ0n) is 10.1. The number of ether oxygens (including phenoxy) is 1. The van der Waals surface area contributed by atoms with Crippen LogP contribution in [0.5, 0.6) is 6.01 Å². The van der Waals surface area contributed by atoms with E-state index in [0.29, 0.717) is 30.1 Å². The highest BCUT2D eigenvalue weighted by molar-refractivity contribution is 6.02. The summed E-state index contributed by atoms with van der Waals surface area (Å²) in [5.74, 6) is -0.989. The molecule has 0 bridgehead atoms. The molecule has 5 heteroatoms. The van der Waals surface area contributed by atoms with Crippen molar-refractivity contribution in [2.75, 3.05) is 6.61 Å². The largest absolute Gasteiger partial charge is 0.478 e. The molecule has 2 N–H and O–H groups in total. The summed E-state index contributed by atoms with van der Waals surface area (Å²) >= 11 is 0. The number of carboxylic acid groups (broad SMARTS) is 1. The van der Waals surface area contributed by atoms with Gasteiger partial charge in [0, 0.05) is 0 Å². The van der Waals surface area contributed by atoms with Crippen molar-refractivity contribution in [2.24, 2.45) is 0 Å². The van der Waals surface area contributed by atoms with Crippen LogP contribution in [0.4, 0.5) is 0 Å². The van der Waals surface area contributed by atoms with E-state index in [9.17, 15) is 4.79 Å². The highest BCUT2D eigenvalue weighted by atomic mass is 16.5. The molecule has 0 saturated heterocycles. The van der Waals surface area contributed by atoms with Crippen LogP contribution in [0.25, 0.3) is 11.0 Å². The lowest BCUT2D eigenvalue weighted by atomic mass is 10.1. The fraction of sp³-hybridized carbons (Fsp3) is 0.231. The number of rotatable bonds is 5. The van der Waals surface area contributed by atoms with Gasteiger partial charge in [0.2, 0.25) is 0 Å². The van der Waals surface area contributed by atoms with Crippen molar-refractivity contribution in [3.63, 3.8) is 0 Å². The van der Waals surface area contributed by atoms with Crippen molar-refractivity contribution in [1.29, 1.82) is 0 Å². The number of allylic oxidation sites excluding steroid dienone is 1. The predicted molar refractivity (Wildman–Crippen MR) is 68.1 cm³/mol. The van der Waals surface area contributed by atoms with Gasteiger partial charge < -0.3 is 14.8 Å². The van der Waals surface area contributed by atoms with Crippen LogP contribution in [0.2, 0.25) is 0 Å². The summed E-state index contributed by atoms with van der Waals surface area (Å²) < 4.78 is 5.27. The molecule has 0 saturated carbocycles. The summed E-state index contributed by atoms with van der Waals surface area (Å²) in [7, 11) is 0. The standard InChI is InChI=1S/C13H14N2O3/c1-3-5-8-6-7-9(12(16)17)11-10(8)14-13(15-11)18-4-2/h3,6-7H,1,4-5H2,2H3,(H,14,15)(H,16,17). The minimum Gasteiger partial charge on any atom is -0.478 e. The van der Waals surface area contributed by atoms with Gasteiger partial charge in [0.25, 0.3) is 6.01 Å². The van der Waals surface area contributed by atoms with Crippen LogP contribution >= 0.6 is 0 Å². The van der Waals surface area contributed by atoms with E-state index in [1.165, 1.54) is 0 Å². The Kier molecular flexibility index (Phi) is 3.32. The first-order valence-electron chi connectivity index (χ1n) is 5.66. The van der Waals surface area contributed by atoms with Crippen LogP contribution in [0, 0.1) is 0 Å². The quantitative estimate of drug-likeness (QED) is 0.794. The number of hydrogen-bond acceptors (Lipinski definition) is 3. The first kappa shape index (κ1) is 12.2. The maximum absolute atomic E-state index is 11.1. The van der Waals surface area contributed by atoms with Crippen molar-refractivity contribution in [3.8, 4) is 6.01 Å². The van der Waals surface area contributed by atoms with Crippen LogP contribution in [0.1, 0.15) is 22.8 Å². The molecule has 1 aromatic carbocycles. The van der Waals surface area contributed by atoms with Crippen LogP contribution in [0.3, 0.4) is 0 Å². The molecule has 18 heavy (non-hydrogen) atoms. The second kappa shape index (κ2) is 4.91. The molecule has 0 spiro atoms. The topological polar surface area (TPSA) is 75.2 Å². The molecule has 1 heterocycles. The summed E-state index contributed by atoms with van der Waals surface area (Å²) in [5, 5.41) is 9.13. The molecule has 5 nitrogen and oxygen atoms in total. The fourth-order valence-corrected chi connectivity index (χ4v) is 1.83. The zero-order chi connectivity index (χ0) is 13.1. The first-order valence-corrected chi connectivity index (χ1v) is 5.66. The number of carboxylic acids is 1. The fourth-order valence-electron chi connectivity index (χ4n) is 1.83. The third-order valence-electron chi connectivity index (χ3n) is 2.58. The Hall–Kier alpha value is -2.30. The Bertz CT molecular complexity index is 602. The van der Waals surface area contributed by atoms with Crippen LogP contribution in [-0.2, 0) is 6.42 Å². The number of imidazole rings is 1. The van der Waals surface area contributed by atoms with Crippen molar-refractivity contribution < 1.29 is 14.6 Å². The molecule has 0 aliphatic carbocycles. The van der Waals surface area contributed by atoms with E-state index in [0.717, 1.165) is 5.56 Å². The molecule has 0 aliphatic rings. The molecule has 94 valence electrons. The highest BCUT2D eigenvalue weighted by Crippen LogP contribution is 2.24. The molecule has 0 unspecified atom stereocenters. The van der Waals surface area contributed by atoms with Gasteiger partial charge in [-0.15, -0.1) is 6.58 Å². The van der Waals surface area contributed by atoms with Crippen molar-refractivity contribution in [1.82, 2.24) is 9.97 Å². The molecule has 2 aromatic rings. The van der Waals surface area contributed by atoms with Crippen LogP contribution in [0.15, 0.2) is 24.8 Å². The minimum atomic E-state index is -0.989. The van der Waals surface area contributed by atoms with Gasteiger partial charge in [0.05, 0.1) is 23.2 Å². The molecule has 0 radical (unpaired) electrons. The van der Waals surface area contributed by atoms with Gasteiger partial charge >= 0.3 is 5.97 Å². The van der Waals surface area contributed by atoms with Gasteiger partial charge in [-0.1, -0.05) is 12.1 Å². The molecule has 2 rings (SSSR count). The number of H-pyrrole nitrogens is 1. The Labute approximate surface area is 104 Å². The number of aromatic carboxylic acids is 1. The SMILES string of the molecule is C=CCc1ccc(C(=O)O)c2[nH]c(OCC)nc12. The first-order chi connectivity index (χ1) is 8.67. The Balaban J connectivity index is 2.65. The van der Waals surface area contributed by atoms with Crippen LogP contribution < -0.4 is 4.74 Å². The smallest absolute Gasteiger partial charge is 0.337 e. The van der Waals surface area contributed by atoms with Crippen molar-refractivity contribution in [3.05, 3.63) is 35.9 Å².